The van der Waals surface area contributed by atoms with Gasteiger partial charge in [0.05, 0.1) is 12.0 Å². The van der Waals surface area contributed by atoms with E-state index in [4.69, 9.17) is 9.84 Å². The van der Waals surface area contributed by atoms with Crippen LogP contribution in [0.2, 0.25) is 0 Å². The number of carbonyl (C=O) groups is 1. The normalized spacial score (nSPS) is 16.0. The van der Waals surface area contributed by atoms with Gasteiger partial charge in [-0.05, 0) is 24.7 Å². The first-order chi connectivity index (χ1) is 7.13. The number of ether oxygens (including phenoxy) is 1. The fourth-order valence-electron chi connectivity index (χ4n) is 1.92. The minimum absolute atomic E-state index is 0.0806. The van der Waals surface area contributed by atoms with Gasteiger partial charge in [0.15, 0.2) is 0 Å². The zero-order valence-corrected chi connectivity index (χ0v) is 11.5. The minimum Gasteiger partial charge on any atom is -0.463 e. The number of rotatable bonds is 5. The predicted molar refractivity (Wildman–Crippen MR) is 65.1 cm³/mol. The van der Waals surface area contributed by atoms with Crippen molar-refractivity contribution in [2.24, 2.45) is 16.7 Å². The topological polar surface area (TPSA) is 46.5 Å². The average Bonchev–Trinajstić information content (AvgIpc) is 2.10. The summed E-state index contributed by atoms with van der Waals surface area (Å²) in [6.45, 7) is 12.3. The molecule has 0 saturated carbocycles. The third-order valence-corrected chi connectivity index (χ3v) is 2.96. The van der Waals surface area contributed by atoms with E-state index in [1.165, 1.54) is 0 Å². The van der Waals surface area contributed by atoms with Crippen LogP contribution in [0.1, 0.15) is 48.0 Å². The van der Waals surface area contributed by atoms with Crippen molar-refractivity contribution in [1.82, 2.24) is 0 Å². The molecule has 0 aromatic heterocycles. The van der Waals surface area contributed by atoms with E-state index in [9.17, 15) is 4.79 Å². The van der Waals surface area contributed by atoms with E-state index in [2.05, 4.69) is 20.8 Å². The van der Waals surface area contributed by atoms with Crippen LogP contribution in [-0.2, 0) is 9.53 Å². The summed E-state index contributed by atoms with van der Waals surface area (Å²) in [5, 5.41) is 8.67. The molecule has 0 aliphatic heterocycles. The Balaban J connectivity index is 4.75. The zero-order chi connectivity index (χ0) is 13.0. The molecule has 0 saturated heterocycles. The first-order valence-electron chi connectivity index (χ1n) is 5.91. The van der Waals surface area contributed by atoms with Gasteiger partial charge >= 0.3 is 5.97 Å². The predicted octanol–water partition coefficient (Wildman–Crippen LogP) is 2.62. The van der Waals surface area contributed by atoms with E-state index >= 15 is 0 Å². The first-order valence-corrected chi connectivity index (χ1v) is 5.91. The van der Waals surface area contributed by atoms with Gasteiger partial charge in [-0.1, -0.05) is 34.6 Å². The zero-order valence-electron chi connectivity index (χ0n) is 11.5. The lowest BCUT2D eigenvalue weighted by atomic mass is 9.69. The van der Waals surface area contributed by atoms with Gasteiger partial charge in [0.25, 0.3) is 0 Å². The minimum atomic E-state index is -0.479. The second-order valence-electron chi connectivity index (χ2n) is 6.17. The van der Waals surface area contributed by atoms with Crippen LogP contribution in [0.25, 0.3) is 0 Å². The summed E-state index contributed by atoms with van der Waals surface area (Å²) in [7, 11) is 0. The molecule has 3 heteroatoms. The second kappa shape index (κ2) is 5.67. The summed E-state index contributed by atoms with van der Waals surface area (Å²) in [6.07, 6.45) is 0.780. The summed E-state index contributed by atoms with van der Waals surface area (Å²) in [5.74, 6) is 0.0180. The molecule has 16 heavy (non-hydrogen) atoms. The van der Waals surface area contributed by atoms with Crippen molar-refractivity contribution in [2.45, 2.75) is 48.0 Å². The van der Waals surface area contributed by atoms with Gasteiger partial charge in [0.1, 0.15) is 6.61 Å². The number of hydrogen-bond donors (Lipinski definition) is 1. The van der Waals surface area contributed by atoms with Gasteiger partial charge in [-0.25, -0.2) is 0 Å². The third kappa shape index (κ3) is 4.52. The highest BCUT2D eigenvalue weighted by atomic mass is 16.5. The van der Waals surface area contributed by atoms with Crippen molar-refractivity contribution < 1.29 is 14.6 Å². The van der Waals surface area contributed by atoms with Crippen molar-refractivity contribution in [3.05, 3.63) is 0 Å². The molecule has 0 bridgehead atoms. The van der Waals surface area contributed by atoms with Crippen molar-refractivity contribution in [3.63, 3.8) is 0 Å². The lowest BCUT2D eigenvalue weighted by Crippen LogP contribution is -2.38. The summed E-state index contributed by atoms with van der Waals surface area (Å²) in [6, 6.07) is 0. The molecule has 0 aliphatic carbocycles. The van der Waals surface area contributed by atoms with Crippen molar-refractivity contribution in [3.8, 4) is 0 Å². The average molecular weight is 230 g/mol. The lowest BCUT2D eigenvalue weighted by molar-refractivity contribution is -0.161. The maximum atomic E-state index is 12.0. The fourth-order valence-corrected chi connectivity index (χ4v) is 1.92. The van der Waals surface area contributed by atoms with Gasteiger partial charge in [-0.15, -0.1) is 0 Å². The maximum absolute atomic E-state index is 12.0. The molecule has 1 unspecified atom stereocenters. The molecule has 0 amide bonds. The summed E-state index contributed by atoms with van der Waals surface area (Å²) < 4.78 is 5.07. The number of esters is 1. The maximum Gasteiger partial charge on any atom is 0.312 e. The van der Waals surface area contributed by atoms with Crippen LogP contribution in [-0.4, -0.2) is 24.3 Å². The van der Waals surface area contributed by atoms with Gasteiger partial charge in [0.2, 0.25) is 0 Å². The molecule has 0 aromatic carbocycles. The summed E-state index contributed by atoms with van der Waals surface area (Å²) >= 11 is 0. The molecule has 0 spiro atoms. The van der Waals surface area contributed by atoms with E-state index < -0.39 is 5.41 Å². The fraction of sp³-hybridized carbons (Fsp3) is 0.923. The monoisotopic (exact) mass is 230 g/mol. The Labute approximate surface area is 99.2 Å². The van der Waals surface area contributed by atoms with E-state index in [0.29, 0.717) is 0 Å². The van der Waals surface area contributed by atoms with Gasteiger partial charge < -0.3 is 9.84 Å². The third-order valence-electron chi connectivity index (χ3n) is 2.96. The van der Waals surface area contributed by atoms with Crippen LogP contribution in [0.3, 0.4) is 0 Å². The molecule has 96 valence electrons. The Morgan fingerprint density at radius 1 is 1.25 bits per heavy atom. The molecule has 3 nitrogen and oxygen atoms in total. The van der Waals surface area contributed by atoms with Crippen molar-refractivity contribution in [2.75, 3.05) is 13.2 Å². The molecule has 0 aliphatic rings. The summed E-state index contributed by atoms with van der Waals surface area (Å²) in [5.41, 5.74) is -0.398. The Hall–Kier alpha value is -0.570. The Morgan fingerprint density at radius 2 is 1.75 bits per heavy atom. The van der Waals surface area contributed by atoms with Crippen LogP contribution in [0, 0.1) is 16.7 Å². The number of aliphatic hydroxyl groups excluding tert-OH is 1. The second-order valence-corrected chi connectivity index (χ2v) is 6.17. The van der Waals surface area contributed by atoms with E-state index in [-0.39, 0.29) is 30.5 Å². The molecule has 1 atom stereocenters. The van der Waals surface area contributed by atoms with Crippen LogP contribution < -0.4 is 0 Å². The highest BCUT2D eigenvalue weighted by Gasteiger charge is 2.41. The van der Waals surface area contributed by atoms with Gasteiger partial charge in [-0.2, -0.15) is 0 Å². The number of hydrogen-bond acceptors (Lipinski definition) is 3. The molecule has 0 rings (SSSR count). The van der Waals surface area contributed by atoms with Crippen LogP contribution in [0.5, 0.6) is 0 Å². The molecule has 0 fully saturated rings. The van der Waals surface area contributed by atoms with Crippen LogP contribution in [0.15, 0.2) is 0 Å². The molecule has 0 radical (unpaired) electrons. The highest BCUT2D eigenvalue weighted by molar-refractivity contribution is 5.76. The Bertz CT molecular complexity index is 228. The first kappa shape index (κ1) is 15.4. The molecule has 0 aromatic rings. The number of aliphatic hydroxyl groups is 1. The largest absolute Gasteiger partial charge is 0.463 e. The standard InChI is InChI=1S/C13H26O3/c1-10(2)13(6,9-12(3,4)5)11(15)16-8-7-14/h10,14H,7-9H2,1-6H3. The number of carbonyl (C=O) groups excluding carboxylic acids is 1. The van der Waals surface area contributed by atoms with Crippen molar-refractivity contribution in [1.29, 1.82) is 0 Å². The van der Waals surface area contributed by atoms with Gasteiger partial charge in [0, 0.05) is 0 Å². The quantitative estimate of drug-likeness (QED) is 0.738. The van der Waals surface area contributed by atoms with Crippen LogP contribution >= 0.6 is 0 Å². The van der Waals surface area contributed by atoms with E-state index in [1.54, 1.807) is 0 Å². The SMILES string of the molecule is CC(C)C(C)(CC(C)(C)C)C(=O)OCCO. The van der Waals surface area contributed by atoms with E-state index in [0.717, 1.165) is 6.42 Å². The van der Waals surface area contributed by atoms with Gasteiger partial charge in [-0.3, -0.25) is 4.79 Å². The molecular formula is C13H26O3. The summed E-state index contributed by atoms with van der Waals surface area (Å²) in [4.78, 5) is 12.0. The van der Waals surface area contributed by atoms with Crippen molar-refractivity contribution >= 4 is 5.97 Å². The highest BCUT2D eigenvalue weighted by Crippen LogP contribution is 2.40. The molecule has 1 N–H and O–H groups in total. The smallest absolute Gasteiger partial charge is 0.312 e. The lowest BCUT2D eigenvalue weighted by Gasteiger charge is -2.36. The van der Waals surface area contributed by atoms with Crippen LogP contribution in [0.4, 0.5) is 0 Å². The Morgan fingerprint density at radius 3 is 2.06 bits per heavy atom. The Kier molecular flexibility index (Phi) is 5.47. The molecular weight excluding hydrogens is 204 g/mol. The molecule has 0 heterocycles. The van der Waals surface area contributed by atoms with E-state index in [1.807, 2.05) is 20.8 Å².